The van der Waals surface area contributed by atoms with E-state index >= 15 is 0 Å². The first-order chi connectivity index (χ1) is 8.40. The zero-order valence-corrected chi connectivity index (χ0v) is 10.9. The van der Waals surface area contributed by atoms with Crippen molar-refractivity contribution in [1.82, 2.24) is 0 Å². The fourth-order valence-electron chi connectivity index (χ4n) is 2.58. The second-order valence-electron chi connectivity index (χ2n) is 4.98. The number of benzene rings is 1. The smallest absolute Gasteiger partial charge is 0.0503 e. The molecule has 0 unspecified atom stereocenters. The van der Waals surface area contributed by atoms with Gasteiger partial charge in [-0.3, -0.25) is 4.99 Å². The van der Waals surface area contributed by atoms with Gasteiger partial charge in [-0.25, -0.2) is 0 Å². The van der Waals surface area contributed by atoms with Crippen molar-refractivity contribution in [3.05, 3.63) is 35.9 Å². The number of hydrogen-bond donors (Lipinski definition) is 0. The van der Waals surface area contributed by atoms with E-state index in [4.69, 9.17) is 4.99 Å². The van der Waals surface area contributed by atoms with Crippen LogP contribution in [-0.2, 0) is 0 Å². The monoisotopic (exact) mass is 229 g/mol. The summed E-state index contributed by atoms with van der Waals surface area (Å²) in [5, 5.41) is 0. The molecule has 0 radical (unpaired) electrons. The summed E-state index contributed by atoms with van der Waals surface area (Å²) in [7, 11) is 0. The van der Waals surface area contributed by atoms with Crippen molar-refractivity contribution < 1.29 is 0 Å². The van der Waals surface area contributed by atoms with Crippen molar-refractivity contribution in [1.29, 1.82) is 0 Å². The van der Waals surface area contributed by atoms with E-state index in [9.17, 15) is 0 Å². The molecule has 1 nitrogen and oxygen atoms in total. The van der Waals surface area contributed by atoms with E-state index in [0.29, 0.717) is 6.04 Å². The van der Waals surface area contributed by atoms with Crippen molar-refractivity contribution in [2.45, 2.75) is 57.9 Å². The molecule has 92 valence electrons. The van der Waals surface area contributed by atoms with Gasteiger partial charge in [0.25, 0.3) is 0 Å². The van der Waals surface area contributed by atoms with Crippen LogP contribution in [0.4, 0.5) is 0 Å². The second-order valence-corrected chi connectivity index (χ2v) is 4.98. The first kappa shape index (κ1) is 12.3. The van der Waals surface area contributed by atoms with E-state index in [1.807, 2.05) is 0 Å². The van der Waals surface area contributed by atoms with Gasteiger partial charge in [-0.2, -0.15) is 0 Å². The van der Waals surface area contributed by atoms with Crippen LogP contribution in [0.25, 0.3) is 0 Å². The van der Waals surface area contributed by atoms with Crippen molar-refractivity contribution in [2.75, 3.05) is 0 Å². The molecule has 0 amide bonds. The van der Waals surface area contributed by atoms with E-state index in [-0.39, 0.29) is 0 Å². The molecule has 1 aliphatic rings. The Morgan fingerprint density at radius 2 is 1.82 bits per heavy atom. The Morgan fingerprint density at radius 3 is 2.47 bits per heavy atom. The summed E-state index contributed by atoms with van der Waals surface area (Å²) in [4.78, 5) is 5.01. The van der Waals surface area contributed by atoms with Gasteiger partial charge in [0.1, 0.15) is 0 Å². The Kier molecular flexibility index (Phi) is 4.78. The van der Waals surface area contributed by atoms with Gasteiger partial charge in [0.15, 0.2) is 0 Å². The van der Waals surface area contributed by atoms with Crippen molar-refractivity contribution in [3.8, 4) is 0 Å². The Bertz CT molecular complexity index is 347. The maximum Gasteiger partial charge on any atom is 0.0503 e. The molecule has 0 saturated heterocycles. The Morgan fingerprint density at radius 1 is 1.12 bits per heavy atom. The van der Waals surface area contributed by atoms with Crippen LogP contribution < -0.4 is 0 Å². The molecule has 1 heteroatoms. The minimum Gasteiger partial charge on any atom is -0.286 e. The molecule has 2 rings (SSSR count). The maximum absolute atomic E-state index is 5.01. The molecule has 17 heavy (non-hydrogen) atoms. The lowest BCUT2D eigenvalue weighted by molar-refractivity contribution is 0.443. The van der Waals surface area contributed by atoms with Gasteiger partial charge in [-0.1, -0.05) is 62.9 Å². The lowest BCUT2D eigenvalue weighted by Crippen LogP contribution is -2.13. The lowest BCUT2D eigenvalue weighted by atomic mass is 9.95. The summed E-state index contributed by atoms with van der Waals surface area (Å²) in [6, 6.07) is 11.3. The normalized spacial score (nSPS) is 18.3. The summed E-state index contributed by atoms with van der Waals surface area (Å²) in [5.41, 5.74) is 2.64. The fourth-order valence-corrected chi connectivity index (χ4v) is 2.58. The minimum absolute atomic E-state index is 0.588. The van der Waals surface area contributed by atoms with E-state index in [1.165, 1.54) is 49.8 Å². The van der Waals surface area contributed by atoms with Gasteiger partial charge in [0.05, 0.1) is 6.04 Å². The van der Waals surface area contributed by atoms with Crippen molar-refractivity contribution in [3.63, 3.8) is 0 Å². The minimum atomic E-state index is 0.588. The topological polar surface area (TPSA) is 12.4 Å². The van der Waals surface area contributed by atoms with Crippen LogP contribution in [0.5, 0.6) is 0 Å². The quantitative estimate of drug-likeness (QED) is 0.669. The molecular weight excluding hydrogens is 206 g/mol. The average molecular weight is 229 g/mol. The van der Waals surface area contributed by atoms with Crippen molar-refractivity contribution in [2.24, 2.45) is 4.99 Å². The van der Waals surface area contributed by atoms with Crippen LogP contribution >= 0.6 is 0 Å². The van der Waals surface area contributed by atoms with E-state index in [2.05, 4.69) is 37.3 Å². The molecule has 1 fully saturated rings. The maximum atomic E-state index is 5.01. The highest BCUT2D eigenvalue weighted by atomic mass is 14.8. The van der Waals surface area contributed by atoms with Crippen molar-refractivity contribution >= 4 is 5.71 Å². The van der Waals surface area contributed by atoms with Gasteiger partial charge in [-0.05, 0) is 24.8 Å². The molecule has 0 bridgehead atoms. The van der Waals surface area contributed by atoms with E-state index < -0.39 is 0 Å². The zero-order valence-electron chi connectivity index (χ0n) is 10.9. The number of aliphatic imine (C=N–C) groups is 1. The predicted octanol–water partition coefficient (Wildman–Crippen LogP) is 4.61. The molecule has 0 N–H and O–H groups in total. The van der Waals surface area contributed by atoms with Gasteiger partial charge in [-0.15, -0.1) is 0 Å². The second kappa shape index (κ2) is 6.58. The van der Waals surface area contributed by atoms with Crippen LogP contribution in [0.1, 0.15) is 57.4 Å². The zero-order chi connectivity index (χ0) is 11.9. The van der Waals surface area contributed by atoms with Crippen LogP contribution in [-0.4, -0.2) is 11.8 Å². The lowest BCUT2D eigenvalue weighted by Gasteiger charge is -2.19. The summed E-state index contributed by atoms with van der Waals surface area (Å²) >= 11 is 0. The third-order valence-corrected chi connectivity index (χ3v) is 3.51. The largest absolute Gasteiger partial charge is 0.286 e. The third-order valence-electron chi connectivity index (χ3n) is 3.51. The van der Waals surface area contributed by atoms with Gasteiger partial charge in [0, 0.05) is 5.71 Å². The van der Waals surface area contributed by atoms with E-state index in [1.54, 1.807) is 0 Å². The summed E-state index contributed by atoms with van der Waals surface area (Å²) < 4.78 is 0. The van der Waals surface area contributed by atoms with Crippen LogP contribution in [0.2, 0.25) is 0 Å². The highest BCUT2D eigenvalue weighted by Crippen LogP contribution is 2.21. The summed E-state index contributed by atoms with van der Waals surface area (Å²) in [5.74, 6) is 0. The molecule has 0 atom stereocenters. The molecule has 0 aromatic heterocycles. The molecular formula is C16H23N. The summed E-state index contributed by atoms with van der Waals surface area (Å²) in [6.07, 6.45) is 9.01. The molecule has 1 aromatic rings. The van der Waals surface area contributed by atoms with Gasteiger partial charge in [0.2, 0.25) is 0 Å². The van der Waals surface area contributed by atoms with Gasteiger partial charge < -0.3 is 0 Å². The third kappa shape index (κ3) is 3.69. The van der Waals surface area contributed by atoms with E-state index in [0.717, 1.165) is 6.42 Å². The summed E-state index contributed by atoms with van der Waals surface area (Å²) in [6.45, 7) is 2.24. The highest BCUT2D eigenvalue weighted by Gasteiger charge is 2.13. The Balaban J connectivity index is 2.13. The average Bonchev–Trinajstić information content (AvgIpc) is 2.40. The molecule has 0 heterocycles. The molecule has 1 saturated carbocycles. The fraction of sp³-hybridized carbons (Fsp3) is 0.562. The Labute approximate surface area is 105 Å². The highest BCUT2D eigenvalue weighted by molar-refractivity contribution is 6.00. The SMILES string of the molecule is CCCC(=NC1CCCCC1)c1ccccc1. The van der Waals surface area contributed by atoms with Crippen LogP contribution in [0.15, 0.2) is 35.3 Å². The number of rotatable bonds is 4. The number of nitrogens with zero attached hydrogens (tertiary/aromatic N) is 1. The number of hydrogen-bond acceptors (Lipinski definition) is 1. The van der Waals surface area contributed by atoms with Gasteiger partial charge >= 0.3 is 0 Å². The standard InChI is InChI=1S/C16H23N/c1-2-9-16(14-10-5-3-6-11-14)17-15-12-7-4-8-13-15/h3,5-6,10-11,15H,2,4,7-9,12-13H2,1H3. The predicted molar refractivity (Wildman–Crippen MR) is 74.8 cm³/mol. The first-order valence-electron chi connectivity index (χ1n) is 7.02. The molecule has 0 aliphatic heterocycles. The molecule has 0 spiro atoms. The van der Waals surface area contributed by atoms with Crippen LogP contribution in [0, 0.1) is 0 Å². The Hall–Kier alpha value is -1.11. The molecule has 1 aromatic carbocycles. The molecule has 1 aliphatic carbocycles. The first-order valence-corrected chi connectivity index (χ1v) is 7.02. The van der Waals surface area contributed by atoms with Crippen LogP contribution in [0.3, 0.4) is 0 Å².